The molecule has 0 aromatic rings. The molecular formula is C10H20O3Si. The predicted octanol–water partition coefficient (Wildman–Crippen LogP) is 1.91. The van der Waals surface area contributed by atoms with Gasteiger partial charge in [-0.05, 0) is 32.4 Å². The second kappa shape index (κ2) is 7.73. The van der Waals surface area contributed by atoms with Crippen LogP contribution in [0.25, 0.3) is 0 Å². The molecule has 0 bridgehead atoms. The molecule has 14 heavy (non-hydrogen) atoms. The summed E-state index contributed by atoms with van der Waals surface area (Å²) in [6.07, 6.45) is 3.85. The zero-order valence-corrected chi connectivity index (χ0v) is 10.4. The number of aldehydes is 1. The summed E-state index contributed by atoms with van der Waals surface area (Å²) in [5.74, 6) is 0.00603. The fraction of sp³-hybridized carbons (Fsp3) is 0.800. The molecule has 0 spiro atoms. The minimum atomic E-state index is -1.23. The van der Waals surface area contributed by atoms with Crippen molar-refractivity contribution in [2.75, 3.05) is 0 Å². The predicted molar refractivity (Wildman–Crippen MR) is 58.7 cm³/mol. The third-order valence-corrected chi connectivity index (χ3v) is 2.77. The highest BCUT2D eigenvalue weighted by molar-refractivity contribution is 6.50. The van der Waals surface area contributed by atoms with E-state index in [0.717, 1.165) is 25.5 Å². The summed E-state index contributed by atoms with van der Waals surface area (Å²) in [7, 11) is -1.23. The van der Waals surface area contributed by atoms with Crippen LogP contribution in [-0.4, -0.2) is 21.3 Å². The highest BCUT2D eigenvalue weighted by Crippen LogP contribution is 2.10. The van der Waals surface area contributed by atoms with Crippen LogP contribution in [0.4, 0.5) is 0 Å². The molecule has 0 rings (SSSR count). The van der Waals surface area contributed by atoms with Gasteiger partial charge >= 0.3 is 0 Å². The smallest absolute Gasteiger partial charge is 0.292 e. The molecule has 0 aromatic heterocycles. The second-order valence-electron chi connectivity index (χ2n) is 3.74. The highest BCUT2D eigenvalue weighted by Gasteiger charge is 2.08. The van der Waals surface area contributed by atoms with Gasteiger partial charge in [-0.1, -0.05) is 6.92 Å². The average molecular weight is 216 g/mol. The molecule has 82 valence electrons. The molecule has 3 nitrogen and oxygen atoms in total. The van der Waals surface area contributed by atoms with Crippen molar-refractivity contribution in [2.45, 2.75) is 45.7 Å². The summed E-state index contributed by atoms with van der Waals surface area (Å²) in [6.45, 7) is 5.93. The van der Waals surface area contributed by atoms with Crippen LogP contribution in [0.2, 0.25) is 13.1 Å². The lowest BCUT2D eigenvalue weighted by Gasteiger charge is -2.08. The normalized spacial score (nSPS) is 12.6. The van der Waals surface area contributed by atoms with E-state index in [0.29, 0.717) is 6.42 Å². The van der Waals surface area contributed by atoms with Gasteiger partial charge in [0.2, 0.25) is 9.04 Å². The molecule has 0 heterocycles. The molecule has 0 fully saturated rings. The zero-order chi connectivity index (χ0) is 11.0. The Kier molecular flexibility index (Phi) is 7.38. The summed E-state index contributed by atoms with van der Waals surface area (Å²) >= 11 is 0. The van der Waals surface area contributed by atoms with E-state index in [-0.39, 0.29) is 11.9 Å². The van der Waals surface area contributed by atoms with Crippen LogP contribution in [0, 0.1) is 5.92 Å². The third-order valence-electron chi connectivity index (χ3n) is 2.04. The molecular weight excluding hydrogens is 196 g/mol. The average Bonchev–Trinajstić information content (AvgIpc) is 2.11. The van der Waals surface area contributed by atoms with E-state index in [1.165, 1.54) is 0 Å². The molecule has 0 saturated heterocycles. The Morgan fingerprint density at radius 3 is 2.57 bits per heavy atom. The van der Waals surface area contributed by atoms with E-state index in [4.69, 9.17) is 4.43 Å². The van der Waals surface area contributed by atoms with Gasteiger partial charge in [0.05, 0.1) is 0 Å². The summed E-state index contributed by atoms with van der Waals surface area (Å²) in [6, 6.07) is 0. The largest absolute Gasteiger partial charge is 0.523 e. The Balaban J connectivity index is 3.52. The molecule has 0 aliphatic rings. The molecule has 0 aromatic carbocycles. The van der Waals surface area contributed by atoms with Crippen molar-refractivity contribution in [3.8, 4) is 0 Å². The fourth-order valence-electron chi connectivity index (χ4n) is 1.20. The van der Waals surface area contributed by atoms with Gasteiger partial charge in [-0.15, -0.1) is 0 Å². The van der Waals surface area contributed by atoms with Gasteiger partial charge in [0.15, 0.2) is 0 Å². The van der Waals surface area contributed by atoms with Crippen LogP contribution in [0.5, 0.6) is 0 Å². The molecule has 0 N–H and O–H groups in total. The summed E-state index contributed by atoms with van der Waals surface area (Å²) in [5.41, 5.74) is 0. The lowest BCUT2D eigenvalue weighted by Crippen LogP contribution is -2.15. The Morgan fingerprint density at radius 2 is 2.14 bits per heavy atom. The van der Waals surface area contributed by atoms with Crippen molar-refractivity contribution >= 4 is 21.3 Å². The maximum atomic E-state index is 11.1. The Hall–Kier alpha value is -0.643. The molecule has 0 aliphatic carbocycles. The zero-order valence-electron chi connectivity index (χ0n) is 9.29. The summed E-state index contributed by atoms with van der Waals surface area (Å²) in [4.78, 5) is 21.6. The van der Waals surface area contributed by atoms with E-state index < -0.39 is 9.04 Å². The van der Waals surface area contributed by atoms with Gasteiger partial charge < -0.3 is 9.22 Å². The van der Waals surface area contributed by atoms with Gasteiger partial charge in [0, 0.05) is 12.3 Å². The van der Waals surface area contributed by atoms with Crippen LogP contribution in [0.1, 0.15) is 32.6 Å². The highest BCUT2D eigenvalue weighted by atomic mass is 28.3. The molecule has 0 saturated carbocycles. The Morgan fingerprint density at radius 1 is 1.50 bits per heavy atom. The first kappa shape index (κ1) is 13.4. The van der Waals surface area contributed by atoms with Gasteiger partial charge in [0.25, 0.3) is 5.97 Å². The van der Waals surface area contributed by atoms with Crippen molar-refractivity contribution in [1.29, 1.82) is 0 Å². The van der Waals surface area contributed by atoms with E-state index in [1.807, 2.05) is 20.0 Å². The minimum absolute atomic E-state index is 0.104. The number of hydrogen-bond donors (Lipinski definition) is 0. The van der Waals surface area contributed by atoms with Crippen LogP contribution >= 0.6 is 0 Å². The minimum Gasteiger partial charge on any atom is -0.523 e. The molecule has 0 amide bonds. The van der Waals surface area contributed by atoms with Crippen molar-refractivity contribution in [3.05, 3.63) is 0 Å². The van der Waals surface area contributed by atoms with Crippen LogP contribution in [0.3, 0.4) is 0 Å². The Labute approximate surface area is 87.6 Å². The first-order valence-corrected chi connectivity index (χ1v) is 8.03. The van der Waals surface area contributed by atoms with Gasteiger partial charge in [0.1, 0.15) is 6.29 Å². The van der Waals surface area contributed by atoms with Gasteiger partial charge in [-0.25, -0.2) is 0 Å². The second-order valence-corrected chi connectivity index (χ2v) is 6.07. The lowest BCUT2D eigenvalue weighted by molar-refractivity contribution is -0.135. The SMILES string of the molecule is CCC(C=O)CCCC(=O)O[SiH](C)C. The van der Waals surface area contributed by atoms with Crippen LogP contribution < -0.4 is 0 Å². The van der Waals surface area contributed by atoms with E-state index in [1.54, 1.807) is 0 Å². The number of carbonyl (C=O) groups is 2. The number of rotatable bonds is 7. The number of hydrogen-bond acceptors (Lipinski definition) is 3. The summed E-state index contributed by atoms with van der Waals surface area (Å²) < 4.78 is 5.11. The Bertz CT molecular complexity index is 180. The quantitative estimate of drug-likeness (QED) is 0.482. The van der Waals surface area contributed by atoms with Crippen LogP contribution in [-0.2, 0) is 14.0 Å². The molecule has 1 atom stereocenters. The molecule has 0 aliphatic heterocycles. The number of carbonyl (C=O) groups excluding carboxylic acids is 2. The van der Waals surface area contributed by atoms with Crippen LogP contribution in [0.15, 0.2) is 0 Å². The van der Waals surface area contributed by atoms with Gasteiger partial charge in [-0.2, -0.15) is 0 Å². The monoisotopic (exact) mass is 216 g/mol. The van der Waals surface area contributed by atoms with Crippen molar-refractivity contribution in [3.63, 3.8) is 0 Å². The molecule has 4 heteroatoms. The third kappa shape index (κ3) is 6.83. The van der Waals surface area contributed by atoms with E-state index >= 15 is 0 Å². The summed E-state index contributed by atoms with van der Waals surface area (Å²) in [5, 5.41) is 0. The van der Waals surface area contributed by atoms with Crippen molar-refractivity contribution < 1.29 is 14.0 Å². The first-order chi connectivity index (χ1) is 6.60. The molecule has 0 radical (unpaired) electrons. The molecule has 1 unspecified atom stereocenters. The lowest BCUT2D eigenvalue weighted by atomic mass is 10.0. The topological polar surface area (TPSA) is 43.4 Å². The first-order valence-electron chi connectivity index (χ1n) is 5.24. The van der Waals surface area contributed by atoms with Crippen molar-refractivity contribution in [2.24, 2.45) is 5.92 Å². The standard InChI is InChI=1S/C10H20O3Si/c1-4-9(8-11)6-5-7-10(12)13-14(2)3/h8-9,14H,4-7H2,1-3H3. The fourth-order valence-corrected chi connectivity index (χ4v) is 1.84. The van der Waals surface area contributed by atoms with E-state index in [9.17, 15) is 9.59 Å². The van der Waals surface area contributed by atoms with Crippen molar-refractivity contribution in [1.82, 2.24) is 0 Å². The maximum absolute atomic E-state index is 11.1. The maximum Gasteiger partial charge on any atom is 0.292 e. The van der Waals surface area contributed by atoms with Gasteiger partial charge in [-0.3, -0.25) is 4.79 Å². The van der Waals surface area contributed by atoms with E-state index in [2.05, 4.69) is 0 Å².